The lowest BCUT2D eigenvalue weighted by atomic mass is 10.0. The third-order valence-corrected chi connectivity index (χ3v) is 6.46. The summed E-state index contributed by atoms with van der Waals surface area (Å²) in [6.45, 7) is 4.83. The van der Waals surface area contributed by atoms with E-state index in [0.29, 0.717) is 6.07 Å². The van der Waals surface area contributed by atoms with Gasteiger partial charge in [-0.05, 0) is 48.6 Å². The molecule has 3 nitrogen and oxygen atoms in total. The number of hydrogen-bond donors (Lipinski definition) is 0. The largest absolute Gasteiger partial charge is 0.417 e. The predicted octanol–water partition coefficient (Wildman–Crippen LogP) is 4.61. The minimum absolute atomic E-state index is 0.183. The fourth-order valence-corrected chi connectivity index (χ4v) is 4.66. The number of aryl methyl sites for hydroxylation is 1. The predicted molar refractivity (Wildman–Crippen MR) is 82.6 cm³/mol. The first kappa shape index (κ1) is 20.0. The van der Waals surface area contributed by atoms with Gasteiger partial charge in [0.2, 0.25) is 0 Å². The number of carbonyl (C=O) groups is 1. The third-order valence-electron chi connectivity index (χ3n) is 3.76. The SMILES string of the molecule is CCc1cc(S(=O)(=O)C(CC)CC)c(C(F)(F)F)cc1C(=O)Cl. The van der Waals surface area contributed by atoms with E-state index < -0.39 is 37.0 Å². The molecule has 0 fully saturated rings. The molecule has 1 aromatic carbocycles. The van der Waals surface area contributed by atoms with Crippen LogP contribution < -0.4 is 0 Å². The van der Waals surface area contributed by atoms with Crippen molar-refractivity contribution in [1.29, 1.82) is 0 Å². The zero-order valence-electron chi connectivity index (χ0n) is 13.0. The molecule has 0 aliphatic carbocycles. The Hall–Kier alpha value is -1.08. The van der Waals surface area contributed by atoms with Crippen molar-refractivity contribution in [2.24, 2.45) is 0 Å². The molecular formula is C15H18ClF3O3S. The monoisotopic (exact) mass is 370 g/mol. The minimum Gasteiger partial charge on any atom is -0.276 e. The normalized spacial score (nSPS) is 12.7. The molecule has 0 atom stereocenters. The number of halogens is 4. The van der Waals surface area contributed by atoms with Gasteiger partial charge < -0.3 is 0 Å². The highest BCUT2D eigenvalue weighted by Gasteiger charge is 2.40. The molecule has 0 unspecified atom stereocenters. The molecule has 1 rings (SSSR count). The second-order valence-electron chi connectivity index (χ2n) is 5.11. The summed E-state index contributed by atoms with van der Waals surface area (Å²) >= 11 is 5.34. The Morgan fingerprint density at radius 3 is 2.04 bits per heavy atom. The molecular weight excluding hydrogens is 353 g/mol. The van der Waals surface area contributed by atoms with E-state index in [1.54, 1.807) is 20.8 Å². The first-order valence-electron chi connectivity index (χ1n) is 7.18. The molecule has 0 saturated heterocycles. The van der Waals surface area contributed by atoms with Crippen LogP contribution in [-0.2, 0) is 22.4 Å². The van der Waals surface area contributed by atoms with Gasteiger partial charge in [-0.2, -0.15) is 13.2 Å². The highest BCUT2D eigenvalue weighted by molar-refractivity contribution is 7.92. The lowest BCUT2D eigenvalue weighted by Gasteiger charge is -2.20. The molecule has 0 radical (unpaired) electrons. The topological polar surface area (TPSA) is 51.2 Å². The Labute approximate surface area is 138 Å². The number of sulfone groups is 1. The third kappa shape index (κ3) is 4.07. The number of benzene rings is 1. The van der Waals surface area contributed by atoms with Gasteiger partial charge >= 0.3 is 6.18 Å². The van der Waals surface area contributed by atoms with E-state index in [9.17, 15) is 26.4 Å². The quantitative estimate of drug-likeness (QED) is 0.687. The average Bonchev–Trinajstić information content (AvgIpc) is 2.45. The molecule has 0 N–H and O–H groups in total. The molecule has 0 aliphatic rings. The summed E-state index contributed by atoms with van der Waals surface area (Å²) in [6.07, 6.45) is -4.30. The zero-order chi connectivity index (χ0) is 18.0. The Bertz CT molecular complexity index is 693. The van der Waals surface area contributed by atoms with Crippen molar-refractivity contribution in [3.8, 4) is 0 Å². The standard InChI is InChI=1S/C15H18ClF3O3S/c1-4-9-7-13(23(21,22)10(5-2)6-3)12(15(17,18)19)8-11(9)14(16)20/h7-8,10H,4-6H2,1-3H3. The number of hydrogen-bond acceptors (Lipinski definition) is 3. The number of carbonyl (C=O) groups excluding carboxylic acids is 1. The first-order chi connectivity index (χ1) is 10.5. The molecule has 1 aromatic rings. The van der Waals surface area contributed by atoms with Crippen LogP contribution in [0.25, 0.3) is 0 Å². The fraction of sp³-hybridized carbons (Fsp3) is 0.533. The van der Waals surface area contributed by atoms with Gasteiger partial charge in [-0.15, -0.1) is 0 Å². The Morgan fingerprint density at radius 1 is 1.17 bits per heavy atom. The van der Waals surface area contributed by atoms with E-state index in [2.05, 4.69) is 0 Å². The van der Waals surface area contributed by atoms with Crippen LogP contribution in [0.4, 0.5) is 13.2 Å². The maximum Gasteiger partial charge on any atom is 0.417 e. The lowest BCUT2D eigenvalue weighted by molar-refractivity contribution is -0.139. The summed E-state index contributed by atoms with van der Waals surface area (Å²) in [5.74, 6) is 0. The smallest absolute Gasteiger partial charge is 0.276 e. The van der Waals surface area contributed by atoms with Crippen molar-refractivity contribution >= 4 is 26.7 Å². The van der Waals surface area contributed by atoms with Gasteiger partial charge in [0.05, 0.1) is 15.7 Å². The molecule has 0 heterocycles. The van der Waals surface area contributed by atoms with E-state index in [1.807, 2.05) is 0 Å². The molecule has 0 aliphatic heterocycles. The van der Waals surface area contributed by atoms with Crippen LogP contribution in [0.1, 0.15) is 55.1 Å². The molecule has 8 heteroatoms. The molecule has 130 valence electrons. The lowest BCUT2D eigenvalue weighted by Crippen LogP contribution is -2.24. The maximum atomic E-state index is 13.3. The van der Waals surface area contributed by atoms with Gasteiger partial charge in [-0.1, -0.05) is 20.8 Å². The molecule has 23 heavy (non-hydrogen) atoms. The van der Waals surface area contributed by atoms with Gasteiger partial charge in [0.1, 0.15) is 0 Å². The summed E-state index contributed by atoms with van der Waals surface area (Å²) in [5.41, 5.74) is -1.47. The van der Waals surface area contributed by atoms with Gasteiger partial charge in [0.25, 0.3) is 5.24 Å². The average molecular weight is 371 g/mol. The Kier molecular flexibility index (Phi) is 6.26. The van der Waals surface area contributed by atoms with E-state index in [0.717, 1.165) is 6.07 Å². The maximum absolute atomic E-state index is 13.3. The Morgan fingerprint density at radius 2 is 1.70 bits per heavy atom. The molecule has 0 bridgehead atoms. The number of rotatable bonds is 6. The van der Waals surface area contributed by atoms with Gasteiger partial charge in [-0.25, -0.2) is 8.42 Å². The zero-order valence-corrected chi connectivity index (χ0v) is 14.6. The van der Waals surface area contributed by atoms with Crippen LogP contribution in [-0.4, -0.2) is 18.9 Å². The van der Waals surface area contributed by atoms with E-state index in [-0.39, 0.29) is 30.4 Å². The van der Waals surface area contributed by atoms with Crippen LogP contribution in [0.3, 0.4) is 0 Å². The second-order valence-corrected chi connectivity index (χ2v) is 7.65. The van der Waals surface area contributed by atoms with Crippen molar-refractivity contribution in [3.63, 3.8) is 0 Å². The summed E-state index contributed by atoms with van der Waals surface area (Å²) in [5, 5.41) is -1.95. The molecule has 0 amide bonds. The Balaban J connectivity index is 3.81. The second kappa shape index (κ2) is 7.21. The fourth-order valence-electron chi connectivity index (χ4n) is 2.46. The van der Waals surface area contributed by atoms with Gasteiger partial charge in [0.15, 0.2) is 9.84 Å². The van der Waals surface area contributed by atoms with Crippen LogP contribution in [0.2, 0.25) is 0 Å². The molecule has 0 spiro atoms. The minimum atomic E-state index is -4.90. The molecule has 0 aromatic heterocycles. The van der Waals surface area contributed by atoms with Crippen molar-refractivity contribution < 1.29 is 26.4 Å². The van der Waals surface area contributed by atoms with Gasteiger partial charge in [-0.3, -0.25) is 4.79 Å². The van der Waals surface area contributed by atoms with Crippen molar-refractivity contribution in [1.82, 2.24) is 0 Å². The van der Waals surface area contributed by atoms with Crippen LogP contribution >= 0.6 is 11.6 Å². The van der Waals surface area contributed by atoms with Crippen LogP contribution in [0.5, 0.6) is 0 Å². The summed E-state index contributed by atoms with van der Waals surface area (Å²) in [4.78, 5) is 10.6. The van der Waals surface area contributed by atoms with E-state index in [4.69, 9.17) is 11.6 Å². The first-order valence-corrected chi connectivity index (χ1v) is 9.10. The van der Waals surface area contributed by atoms with E-state index in [1.165, 1.54) is 0 Å². The van der Waals surface area contributed by atoms with Crippen molar-refractivity contribution in [2.75, 3.05) is 0 Å². The van der Waals surface area contributed by atoms with Crippen molar-refractivity contribution in [2.45, 2.75) is 56.4 Å². The summed E-state index contributed by atoms with van der Waals surface area (Å²) < 4.78 is 65.1. The number of alkyl halides is 3. The van der Waals surface area contributed by atoms with Crippen LogP contribution in [0.15, 0.2) is 17.0 Å². The summed E-state index contributed by atoms with van der Waals surface area (Å²) in [6, 6.07) is 1.48. The van der Waals surface area contributed by atoms with Crippen molar-refractivity contribution in [3.05, 3.63) is 28.8 Å². The molecule has 0 saturated carbocycles. The highest BCUT2D eigenvalue weighted by atomic mass is 35.5. The van der Waals surface area contributed by atoms with Crippen LogP contribution in [0, 0.1) is 0 Å². The summed E-state index contributed by atoms with van der Waals surface area (Å²) in [7, 11) is -4.16. The van der Waals surface area contributed by atoms with Gasteiger partial charge in [0, 0.05) is 5.56 Å². The highest BCUT2D eigenvalue weighted by Crippen LogP contribution is 2.38. The van der Waals surface area contributed by atoms with E-state index >= 15 is 0 Å².